The second-order valence-electron chi connectivity index (χ2n) is 6.06. The number of carbonyl (C=O) groups is 2. The lowest BCUT2D eigenvalue weighted by Gasteiger charge is -2.10. The molecular weight excluding hydrogens is 326 g/mol. The molecule has 0 aliphatic carbocycles. The van der Waals surface area contributed by atoms with Crippen molar-refractivity contribution >= 4 is 17.4 Å². The van der Waals surface area contributed by atoms with Gasteiger partial charge in [0, 0.05) is 5.56 Å². The van der Waals surface area contributed by atoms with Gasteiger partial charge in [0.25, 0.3) is 5.91 Å². The zero-order chi connectivity index (χ0) is 18.5. The van der Waals surface area contributed by atoms with Crippen molar-refractivity contribution in [3.05, 3.63) is 83.2 Å². The number of anilines is 1. The number of amides is 1. The van der Waals surface area contributed by atoms with Crippen molar-refractivity contribution in [1.82, 2.24) is 9.78 Å². The first-order chi connectivity index (χ1) is 12.6. The average molecular weight is 347 g/mol. The minimum Gasteiger partial charge on any atom is -0.321 e. The lowest BCUT2D eigenvalue weighted by Crippen LogP contribution is -2.16. The summed E-state index contributed by atoms with van der Waals surface area (Å²) >= 11 is 0. The largest absolute Gasteiger partial charge is 0.321 e. The highest BCUT2D eigenvalue weighted by atomic mass is 16.2. The van der Waals surface area contributed by atoms with Crippen LogP contribution in [0.4, 0.5) is 5.69 Å². The minimum atomic E-state index is -0.255. The van der Waals surface area contributed by atoms with Gasteiger partial charge in [-0.15, -0.1) is 0 Å². The van der Waals surface area contributed by atoms with Gasteiger partial charge in [-0.25, -0.2) is 0 Å². The van der Waals surface area contributed by atoms with E-state index in [-0.39, 0.29) is 11.7 Å². The summed E-state index contributed by atoms with van der Waals surface area (Å²) in [4.78, 5) is 24.5. The van der Waals surface area contributed by atoms with Gasteiger partial charge >= 0.3 is 0 Å². The van der Waals surface area contributed by atoms with Crippen molar-refractivity contribution in [2.45, 2.75) is 26.8 Å². The predicted octanol–water partition coefficient (Wildman–Crippen LogP) is 3.95. The Hall–Kier alpha value is -3.21. The number of Topliss-reactive ketones (excluding diaryl/α,β-unsaturated/α-hetero) is 1. The summed E-state index contributed by atoms with van der Waals surface area (Å²) in [5, 5.41) is 7.24. The predicted molar refractivity (Wildman–Crippen MR) is 102 cm³/mol. The Bertz CT molecular complexity index is 929. The van der Waals surface area contributed by atoms with Gasteiger partial charge < -0.3 is 5.32 Å². The molecule has 1 N–H and O–H groups in total. The molecule has 1 aromatic heterocycles. The van der Waals surface area contributed by atoms with Crippen LogP contribution in [0.15, 0.2) is 60.8 Å². The van der Waals surface area contributed by atoms with Crippen LogP contribution < -0.4 is 5.32 Å². The Balaban J connectivity index is 1.85. The molecule has 0 unspecified atom stereocenters. The average Bonchev–Trinajstić information content (AvgIpc) is 3.05. The Morgan fingerprint density at radius 3 is 2.38 bits per heavy atom. The van der Waals surface area contributed by atoms with Crippen molar-refractivity contribution < 1.29 is 9.59 Å². The van der Waals surface area contributed by atoms with E-state index < -0.39 is 0 Å². The molecule has 0 bridgehead atoms. The molecule has 0 aliphatic rings. The Morgan fingerprint density at radius 2 is 1.69 bits per heavy atom. The highest BCUT2D eigenvalue weighted by Gasteiger charge is 2.18. The number of aromatic nitrogens is 2. The third kappa shape index (κ3) is 3.72. The van der Waals surface area contributed by atoms with E-state index in [1.165, 1.54) is 6.92 Å². The number of ketones is 1. The summed E-state index contributed by atoms with van der Waals surface area (Å²) in [5.74, 6) is -0.341. The Labute approximate surface area is 152 Å². The van der Waals surface area contributed by atoms with E-state index in [2.05, 4.69) is 10.4 Å². The maximum atomic E-state index is 12.8. The topological polar surface area (TPSA) is 64.0 Å². The standard InChI is InChI=1S/C21H21N3O2/c1-3-20-18(13-22-24(20)14-16-9-5-4-6-10-16)21(26)23-19-12-8-7-11-17(19)15(2)25/h4-13H,3,14H2,1-2H3,(H,23,26). The lowest BCUT2D eigenvalue weighted by molar-refractivity contribution is 0.101. The smallest absolute Gasteiger partial charge is 0.259 e. The molecule has 0 saturated carbocycles. The Kier molecular flexibility index (Phi) is 5.27. The van der Waals surface area contributed by atoms with E-state index in [0.29, 0.717) is 29.8 Å². The minimum absolute atomic E-state index is 0.0867. The third-order valence-corrected chi connectivity index (χ3v) is 4.26. The van der Waals surface area contributed by atoms with Gasteiger partial charge in [0.15, 0.2) is 5.78 Å². The first kappa shape index (κ1) is 17.6. The van der Waals surface area contributed by atoms with Crippen molar-refractivity contribution in [3.63, 3.8) is 0 Å². The molecule has 0 fully saturated rings. The summed E-state index contributed by atoms with van der Waals surface area (Å²) in [6.45, 7) is 4.10. The van der Waals surface area contributed by atoms with Crippen LogP contribution in [0.3, 0.4) is 0 Å². The fraction of sp³-hybridized carbons (Fsp3) is 0.190. The van der Waals surface area contributed by atoms with E-state index in [0.717, 1.165) is 11.3 Å². The fourth-order valence-corrected chi connectivity index (χ4v) is 2.95. The van der Waals surface area contributed by atoms with Crippen LogP contribution in [0, 0.1) is 0 Å². The summed E-state index contributed by atoms with van der Waals surface area (Å²) < 4.78 is 1.85. The number of benzene rings is 2. The molecule has 3 rings (SSSR count). The molecule has 5 heteroatoms. The Morgan fingerprint density at radius 1 is 1.00 bits per heavy atom. The molecule has 5 nitrogen and oxygen atoms in total. The van der Waals surface area contributed by atoms with E-state index >= 15 is 0 Å². The molecule has 0 aliphatic heterocycles. The molecule has 1 amide bonds. The first-order valence-electron chi connectivity index (χ1n) is 8.60. The third-order valence-electron chi connectivity index (χ3n) is 4.26. The molecule has 0 radical (unpaired) electrons. The van der Waals surface area contributed by atoms with Gasteiger partial charge in [-0.2, -0.15) is 5.10 Å². The van der Waals surface area contributed by atoms with Crippen LogP contribution in [-0.2, 0) is 13.0 Å². The SMILES string of the molecule is CCc1c(C(=O)Nc2ccccc2C(C)=O)cnn1Cc1ccccc1. The number of hydrogen-bond donors (Lipinski definition) is 1. The molecule has 132 valence electrons. The van der Waals surface area contributed by atoms with Crippen LogP contribution in [0.2, 0.25) is 0 Å². The van der Waals surface area contributed by atoms with E-state index in [1.807, 2.05) is 41.9 Å². The van der Waals surface area contributed by atoms with E-state index in [9.17, 15) is 9.59 Å². The molecule has 0 spiro atoms. The van der Waals surface area contributed by atoms with Crippen molar-refractivity contribution in [1.29, 1.82) is 0 Å². The lowest BCUT2D eigenvalue weighted by atomic mass is 10.1. The summed E-state index contributed by atoms with van der Waals surface area (Å²) in [5.41, 5.74) is 3.53. The summed E-state index contributed by atoms with van der Waals surface area (Å²) in [6, 6.07) is 17.0. The maximum Gasteiger partial charge on any atom is 0.259 e. The van der Waals surface area contributed by atoms with Gasteiger partial charge in [0.05, 0.1) is 29.7 Å². The zero-order valence-electron chi connectivity index (χ0n) is 14.9. The second kappa shape index (κ2) is 7.78. The van der Waals surface area contributed by atoms with Gasteiger partial charge in [-0.05, 0) is 31.0 Å². The summed E-state index contributed by atoms with van der Waals surface area (Å²) in [7, 11) is 0. The van der Waals surface area contributed by atoms with Gasteiger partial charge in [-0.3, -0.25) is 14.3 Å². The summed E-state index contributed by atoms with van der Waals surface area (Å²) in [6.07, 6.45) is 2.28. The van der Waals surface area contributed by atoms with Crippen LogP contribution in [-0.4, -0.2) is 21.5 Å². The number of hydrogen-bond acceptors (Lipinski definition) is 3. The molecule has 0 saturated heterocycles. The van der Waals surface area contributed by atoms with Crippen molar-refractivity contribution in [3.8, 4) is 0 Å². The quantitative estimate of drug-likeness (QED) is 0.687. The van der Waals surface area contributed by atoms with Crippen LogP contribution in [0.25, 0.3) is 0 Å². The molecule has 2 aromatic carbocycles. The van der Waals surface area contributed by atoms with Gasteiger partial charge in [0.1, 0.15) is 0 Å². The van der Waals surface area contributed by atoms with Crippen molar-refractivity contribution in [2.24, 2.45) is 0 Å². The molecule has 3 aromatic rings. The highest BCUT2D eigenvalue weighted by Crippen LogP contribution is 2.19. The highest BCUT2D eigenvalue weighted by molar-refractivity contribution is 6.09. The maximum absolute atomic E-state index is 12.8. The van der Waals surface area contributed by atoms with Crippen LogP contribution in [0.5, 0.6) is 0 Å². The number of para-hydroxylation sites is 1. The van der Waals surface area contributed by atoms with Gasteiger partial charge in [0.2, 0.25) is 0 Å². The van der Waals surface area contributed by atoms with Crippen LogP contribution in [0.1, 0.15) is 45.8 Å². The normalized spacial score (nSPS) is 10.5. The van der Waals surface area contributed by atoms with Crippen molar-refractivity contribution in [2.75, 3.05) is 5.32 Å². The first-order valence-corrected chi connectivity index (χ1v) is 8.60. The molecule has 0 atom stereocenters. The zero-order valence-corrected chi connectivity index (χ0v) is 14.9. The monoisotopic (exact) mass is 347 g/mol. The van der Waals surface area contributed by atoms with Crippen LogP contribution >= 0.6 is 0 Å². The van der Waals surface area contributed by atoms with Gasteiger partial charge in [-0.1, -0.05) is 49.4 Å². The molecule has 26 heavy (non-hydrogen) atoms. The fourth-order valence-electron chi connectivity index (χ4n) is 2.95. The number of carbonyl (C=O) groups excluding carboxylic acids is 2. The van der Waals surface area contributed by atoms with E-state index in [1.54, 1.807) is 30.5 Å². The molecule has 1 heterocycles. The molecular formula is C21H21N3O2. The van der Waals surface area contributed by atoms with E-state index in [4.69, 9.17) is 0 Å². The second-order valence-corrected chi connectivity index (χ2v) is 6.06. The number of nitrogens with zero attached hydrogens (tertiary/aromatic N) is 2. The number of nitrogens with one attached hydrogen (secondary N) is 1. The number of rotatable bonds is 6.